The second kappa shape index (κ2) is 10.4. The summed E-state index contributed by atoms with van der Waals surface area (Å²) < 4.78 is 0. The van der Waals surface area contributed by atoms with E-state index in [2.05, 4.69) is 57.3 Å². The van der Waals surface area contributed by atoms with Crippen molar-refractivity contribution in [2.24, 2.45) is 11.3 Å². The van der Waals surface area contributed by atoms with Crippen LogP contribution in [0.3, 0.4) is 0 Å². The molecule has 220 valence electrons. The minimum Gasteiger partial charge on any atom is -0.506 e. The molecule has 2 fully saturated rings. The third-order valence-corrected chi connectivity index (χ3v) is 11.3. The molecule has 4 aliphatic heterocycles. The number of H-pyrrole nitrogens is 1. The van der Waals surface area contributed by atoms with Gasteiger partial charge in [-0.05, 0) is 114 Å². The van der Waals surface area contributed by atoms with Gasteiger partial charge in [0.2, 0.25) is 0 Å². The summed E-state index contributed by atoms with van der Waals surface area (Å²) in [5.41, 5.74) is 2.89. The Morgan fingerprint density at radius 1 is 0.905 bits per heavy atom. The number of aromatic hydroxyl groups is 1. The van der Waals surface area contributed by atoms with E-state index >= 15 is 0 Å². The third kappa shape index (κ3) is 4.13. The summed E-state index contributed by atoms with van der Waals surface area (Å²) in [7, 11) is 0. The van der Waals surface area contributed by atoms with Gasteiger partial charge in [-0.15, -0.1) is 0 Å². The van der Waals surface area contributed by atoms with Crippen LogP contribution in [0.2, 0.25) is 0 Å². The number of allylic oxidation sites excluding steroid dienone is 4. The van der Waals surface area contributed by atoms with Gasteiger partial charge in [0.15, 0.2) is 0 Å². The van der Waals surface area contributed by atoms with E-state index < -0.39 is 5.60 Å². The molecule has 1 spiro atoms. The number of benzene rings is 1. The van der Waals surface area contributed by atoms with E-state index in [0.717, 1.165) is 92.2 Å². The van der Waals surface area contributed by atoms with Gasteiger partial charge in [-0.1, -0.05) is 36.4 Å². The van der Waals surface area contributed by atoms with E-state index in [1.807, 2.05) is 12.3 Å². The number of aliphatic hydroxyl groups is 1. The normalized spacial score (nSPS) is 37.0. The maximum absolute atomic E-state index is 13.1. The molecular formula is C36H44N4O2. The molecule has 1 aliphatic carbocycles. The molecule has 6 heteroatoms. The standard InChI is InChI=1S/C36H44N4O2/c41-30-14-11-13-26-27-15-18-37-32(33(27)38-31(26)30)28-23-36(42)17-8-4-1-2-5-9-19-39-21-16-29(28)35(24-39)22-25-12-7-3-6-10-20-40(25)34(35)36/h1,4,7,11-15,18,23,25,29,34,38,41-42H,2-3,5-6,8-10,16-17,19-22,24H2/b4-1-,12-7-/t25-,29-,34?,35-,36-/m1/s1. The Morgan fingerprint density at radius 3 is 2.67 bits per heavy atom. The summed E-state index contributed by atoms with van der Waals surface area (Å²) in [5, 5.41) is 25.9. The molecular weight excluding hydrogens is 520 g/mol. The number of phenolic OH excluding ortho intramolecular Hbond substituents is 1. The fourth-order valence-electron chi connectivity index (χ4n) is 9.64. The average molecular weight is 565 g/mol. The lowest BCUT2D eigenvalue weighted by atomic mass is 9.54. The molecule has 5 aliphatic rings. The van der Waals surface area contributed by atoms with Crippen LogP contribution < -0.4 is 0 Å². The van der Waals surface area contributed by atoms with Gasteiger partial charge in [0.05, 0.1) is 28.4 Å². The molecule has 6 atom stereocenters. The summed E-state index contributed by atoms with van der Waals surface area (Å²) in [6.45, 7) is 4.33. The predicted octanol–water partition coefficient (Wildman–Crippen LogP) is 6.56. The number of hydrogen-bond donors (Lipinski definition) is 3. The Bertz CT molecular complexity index is 1590. The van der Waals surface area contributed by atoms with Gasteiger partial charge >= 0.3 is 0 Å². The first-order valence-electron chi connectivity index (χ1n) is 16.4. The maximum atomic E-state index is 13.1. The van der Waals surface area contributed by atoms with Crippen LogP contribution in [-0.4, -0.2) is 73.8 Å². The monoisotopic (exact) mass is 564 g/mol. The van der Waals surface area contributed by atoms with Gasteiger partial charge in [0, 0.05) is 35.0 Å². The van der Waals surface area contributed by atoms with Crippen molar-refractivity contribution in [3.8, 4) is 5.75 Å². The van der Waals surface area contributed by atoms with Crippen LogP contribution in [0, 0.1) is 11.3 Å². The highest BCUT2D eigenvalue weighted by molar-refractivity contribution is 6.11. The lowest BCUT2D eigenvalue weighted by Gasteiger charge is -2.58. The number of aromatic nitrogens is 2. The minimum atomic E-state index is -0.951. The summed E-state index contributed by atoms with van der Waals surface area (Å²) in [6.07, 6.45) is 24.7. The lowest BCUT2D eigenvalue weighted by Crippen LogP contribution is -2.65. The first-order valence-corrected chi connectivity index (χ1v) is 16.4. The number of pyridine rings is 1. The van der Waals surface area contributed by atoms with Gasteiger partial charge in [-0.2, -0.15) is 0 Å². The van der Waals surface area contributed by atoms with Gasteiger partial charge in [0.25, 0.3) is 0 Å². The van der Waals surface area contributed by atoms with Crippen molar-refractivity contribution >= 4 is 27.4 Å². The molecule has 0 saturated carbocycles. The van der Waals surface area contributed by atoms with Crippen LogP contribution in [0.4, 0.5) is 0 Å². The summed E-state index contributed by atoms with van der Waals surface area (Å²) >= 11 is 0. The first kappa shape index (κ1) is 26.7. The van der Waals surface area contributed by atoms with Crippen LogP contribution in [0.1, 0.15) is 69.9 Å². The summed E-state index contributed by atoms with van der Waals surface area (Å²) in [4.78, 5) is 14.1. The van der Waals surface area contributed by atoms with E-state index in [9.17, 15) is 10.2 Å². The Balaban J connectivity index is 1.35. The molecule has 3 bridgehead atoms. The van der Waals surface area contributed by atoms with E-state index in [0.29, 0.717) is 12.0 Å². The molecule has 2 unspecified atom stereocenters. The molecule has 8 rings (SSSR count). The molecule has 0 amide bonds. The van der Waals surface area contributed by atoms with Crippen LogP contribution in [0.25, 0.3) is 27.4 Å². The Morgan fingerprint density at radius 2 is 1.74 bits per heavy atom. The first-order chi connectivity index (χ1) is 20.6. The van der Waals surface area contributed by atoms with E-state index in [1.165, 1.54) is 31.3 Å². The van der Waals surface area contributed by atoms with E-state index in [4.69, 9.17) is 4.98 Å². The topological polar surface area (TPSA) is 75.6 Å². The maximum Gasteiger partial charge on any atom is 0.139 e. The highest BCUT2D eigenvalue weighted by atomic mass is 16.3. The van der Waals surface area contributed by atoms with Crippen LogP contribution in [-0.2, 0) is 0 Å². The smallest absolute Gasteiger partial charge is 0.139 e. The number of nitrogens with one attached hydrogen (secondary N) is 1. The molecule has 6 nitrogen and oxygen atoms in total. The SMILES string of the molecule is Oc1cccc2c1[nH]c1c(C3=C[C@]4(O)CC/C=C\CCCCN5CC[C@H]3[C@@]3(C[C@H]6/C=C\CCCCN6C34)C5)nccc12. The molecule has 42 heavy (non-hydrogen) atoms. The van der Waals surface area contributed by atoms with Crippen molar-refractivity contribution in [3.63, 3.8) is 0 Å². The van der Waals surface area contributed by atoms with Crippen molar-refractivity contribution in [3.05, 3.63) is 66.5 Å². The fourth-order valence-corrected chi connectivity index (χ4v) is 9.64. The molecule has 6 heterocycles. The zero-order valence-electron chi connectivity index (χ0n) is 24.6. The Labute approximate surface area is 248 Å². The number of rotatable bonds is 1. The van der Waals surface area contributed by atoms with Crippen molar-refractivity contribution in [1.29, 1.82) is 0 Å². The summed E-state index contributed by atoms with van der Waals surface area (Å²) in [6, 6.07) is 8.24. The minimum absolute atomic E-state index is 0.0494. The van der Waals surface area contributed by atoms with Gasteiger partial charge in [-0.3, -0.25) is 9.88 Å². The van der Waals surface area contributed by atoms with Gasteiger partial charge < -0.3 is 20.1 Å². The van der Waals surface area contributed by atoms with Crippen LogP contribution in [0.15, 0.2) is 60.8 Å². The second-order valence-corrected chi connectivity index (χ2v) is 13.7. The van der Waals surface area contributed by atoms with Crippen molar-refractivity contribution in [2.45, 2.75) is 81.9 Å². The summed E-state index contributed by atoms with van der Waals surface area (Å²) in [5.74, 6) is 0.581. The van der Waals surface area contributed by atoms with Crippen LogP contribution >= 0.6 is 0 Å². The molecule has 3 aromatic rings. The second-order valence-electron chi connectivity index (χ2n) is 13.7. The highest BCUT2D eigenvalue weighted by Crippen LogP contribution is 2.61. The zero-order valence-corrected chi connectivity index (χ0v) is 24.6. The lowest BCUT2D eigenvalue weighted by molar-refractivity contribution is -0.0894. The number of fused-ring (bicyclic) bond motifs is 5. The molecule has 2 saturated heterocycles. The average Bonchev–Trinajstić information content (AvgIpc) is 3.50. The fraction of sp³-hybridized carbons (Fsp3) is 0.528. The Kier molecular flexibility index (Phi) is 6.58. The van der Waals surface area contributed by atoms with Crippen LogP contribution in [0.5, 0.6) is 5.75 Å². The predicted molar refractivity (Wildman–Crippen MR) is 169 cm³/mol. The van der Waals surface area contributed by atoms with Crippen molar-refractivity contribution in [2.75, 3.05) is 26.2 Å². The quantitative estimate of drug-likeness (QED) is 0.292. The number of piperidine rings is 1. The largest absolute Gasteiger partial charge is 0.506 e. The zero-order chi connectivity index (χ0) is 28.3. The molecule has 1 aromatic carbocycles. The number of aromatic amines is 1. The highest BCUT2D eigenvalue weighted by Gasteiger charge is 2.65. The number of nitrogens with zero attached hydrogens (tertiary/aromatic N) is 3. The van der Waals surface area contributed by atoms with Crippen molar-refractivity contribution < 1.29 is 10.2 Å². The number of para-hydroxylation sites is 1. The molecule has 3 N–H and O–H groups in total. The number of hydrogen-bond acceptors (Lipinski definition) is 5. The molecule has 0 radical (unpaired) electrons. The van der Waals surface area contributed by atoms with E-state index in [1.54, 1.807) is 6.07 Å². The third-order valence-electron chi connectivity index (χ3n) is 11.3. The Hall–Kier alpha value is -2.93. The van der Waals surface area contributed by atoms with E-state index in [-0.39, 0.29) is 17.2 Å². The molecule has 2 aromatic heterocycles. The van der Waals surface area contributed by atoms with Gasteiger partial charge in [-0.25, -0.2) is 0 Å². The van der Waals surface area contributed by atoms with Gasteiger partial charge in [0.1, 0.15) is 5.75 Å². The van der Waals surface area contributed by atoms with Crippen molar-refractivity contribution in [1.82, 2.24) is 19.8 Å². The number of phenols is 1.